The minimum absolute atomic E-state index is 0.0318. The summed E-state index contributed by atoms with van der Waals surface area (Å²) < 4.78 is 57.8. The average molecular weight is 603 g/mol. The number of fused-ring (bicyclic) bond motifs is 1. The fourth-order valence-corrected chi connectivity index (χ4v) is 4.63. The fourth-order valence-electron chi connectivity index (χ4n) is 4.63. The summed E-state index contributed by atoms with van der Waals surface area (Å²) in [6.45, 7) is 0.807. The number of rotatable bonds is 11. The van der Waals surface area contributed by atoms with Crippen LogP contribution in [0.1, 0.15) is 16.7 Å². The monoisotopic (exact) mass is 602 g/mol. The molecule has 1 aromatic heterocycles. The number of hydrogen-bond donors (Lipinski definition) is 2. The maximum absolute atomic E-state index is 13.5. The number of hydrogen-bond acceptors (Lipinski definition) is 5. The van der Waals surface area contributed by atoms with E-state index in [0.29, 0.717) is 18.6 Å². The largest absolute Gasteiger partial charge is 0.441 e. The molecular weight excluding hydrogens is 573 g/mol. The summed E-state index contributed by atoms with van der Waals surface area (Å²) in [7, 11) is 0. The molecule has 2 N–H and O–H groups in total. The molecule has 0 saturated heterocycles. The van der Waals surface area contributed by atoms with Crippen LogP contribution in [0.5, 0.6) is 0 Å². The number of nitrogens with one attached hydrogen (secondary N) is 2. The van der Waals surface area contributed by atoms with Crippen molar-refractivity contribution in [3.05, 3.63) is 136 Å². The van der Waals surface area contributed by atoms with Crippen LogP contribution in [0.4, 0.5) is 23.7 Å². The van der Waals surface area contributed by atoms with Crippen molar-refractivity contribution in [2.45, 2.75) is 25.5 Å². The van der Waals surface area contributed by atoms with Crippen molar-refractivity contribution in [3.63, 3.8) is 0 Å². The van der Waals surface area contributed by atoms with Crippen molar-refractivity contribution in [3.8, 4) is 11.3 Å². The molecule has 5 rings (SSSR count). The minimum Gasteiger partial charge on any atom is -0.441 e. The van der Waals surface area contributed by atoms with E-state index in [9.17, 15) is 22.8 Å². The zero-order valence-electron chi connectivity index (χ0n) is 23.5. The van der Waals surface area contributed by atoms with Gasteiger partial charge in [0.1, 0.15) is 0 Å². The lowest BCUT2D eigenvalue weighted by Gasteiger charge is -2.19. The second-order valence-corrected chi connectivity index (χ2v) is 10.0. The van der Waals surface area contributed by atoms with E-state index in [0.717, 1.165) is 17.2 Å². The van der Waals surface area contributed by atoms with E-state index in [1.807, 2.05) is 60.7 Å². The molecule has 226 valence electrons. The van der Waals surface area contributed by atoms with Gasteiger partial charge < -0.3 is 19.2 Å². The first-order chi connectivity index (χ1) is 21.3. The van der Waals surface area contributed by atoms with E-state index in [-0.39, 0.29) is 35.5 Å². The quantitative estimate of drug-likeness (QED) is 0.163. The topological polar surface area (TPSA) is 89.7 Å². The van der Waals surface area contributed by atoms with Crippen molar-refractivity contribution < 1.29 is 32.2 Å². The number of aromatic amines is 1. The lowest BCUT2D eigenvalue weighted by atomic mass is 10.0. The predicted molar refractivity (Wildman–Crippen MR) is 161 cm³/mol. The smallest absolute Gasteiger partial charge is 0.417 e. The molecule has 0 fully saturated rings. The molecule has 0 spiro atoms. The first-order valence-corrected chi connectivity index (χ1v) is 13.8. The van der Waals surface area contributed by atoms with Crippen LogP contribution in [0.15, 0.2) is 114 Å². The van der Waals surface area contributed by atoms with Gasteiger partial charge in [-0.3, -0.25) is 10.1 Å². The molecular formula is C34H29F3N2O5. The first-order valence-electron chi connectivity index (χ1n) is 13.8. The number of anilines is 1. The molecule has 7 nitrogen and oxygen atoms in total. The predicted octanol–water partition coefficient (Wildman–Crippen LogP) is 7.56. The molecule has 1 amide bonds. The summed E-state index contributed by atoms with van der Waals surface area (Å²) in [5.41, 5.74) is 0.633. The van der Waals surface area contributed by atoms with Gasteiger partial charge in [0.05, 0.1) is 32.0 Å². The van der Waals surface area contributed by atoms with Crippen LogP contribution >= 0.6 is 0 Å². The SMILES string of the molecule is O=C(Nc1ccc2cc(-c3ccccc3C(F)(F)F)[nH]c(=O)c2c1)OC(COCc1ccccc1)COCc1ccccc1. The van der Waals surface area contributed by atoms with Crippen LogP contribution in [0.3, 0.4) is 0 Å². The summed E-state index contributed by atoms with van der Waals surface area (Å²) in [4.78, 5) is 28.3. The molecule has 44 heavy (non-hydrogen) atoms. The van der Waals surface area contributed by atoms with E-state index >= 15 is 0 Å². The molecule has 0 aliphatic heterocycles. The Kier molecular flexibility index (Phi) is 9.73. The number of alkyl halides is 3. The Labute approximate surface area is 251 Å². The highest BCUT2D eigenvalue weighted by atomic mass is 19.4. The van der Waals surface area contributed by atoms with E-state index < -0.39 is 29.5 Å². The number of aromatic nitrogens is 1. The summed E-state index contributed by atoms with van der Waals surface area (Å²) in [6.07, 6.45) is -6.11. The standard InChI is InChI=1S/C34H29F3N2O5/c35-34(36,37)30-14-8-7-13-28(30)31-17-25-15-16-26(18-29(25)32(40)39-31)38-33(41)44-27(21-42-19-23-9-3-1-4-10-23)22-43-20-24-11-5-2-6-12-24/h1-18,27H,19-22H2,(H,38,41)(H,39,40). The van der Waals surface area contributed by atoms with Crippen molar-refractivity contribution >= 4 is 22.6 Å². The third-order valence-corrected chi connectivity index (χ3v) is 6.72. The number of carbonyl (C=O) groups excluding carboxylic acids is 1. The second kappa shape index (κ2) is 14.0. The lowest BCUT2D eigenvalue weighted by Crippen LogP contribution is -2.30. The Hall–Kier alpha value is -4.93. The fraction of sp³-hybridized carbons (Fsp3) is 0.176. The number of benzene rings is 4. The molecule has 0 unspecified atom stereocenters. The molecule has 0 aliphatic carbocycles. The molecule has 0 atom stereocenters. The Morgan fingerprint density at radius 3 is 1.98 bits per heavy atom. The Morgan fingerprint density at radius 1 is 0.773 bits per heavy atom. The zero-order chi connectivity index (χ0) is 30.9. The number of amides is 1. The normalized spacial score (nSPS) is 11.5. The number of halogens is 3. The third-order valence-electron chi connectivity index (χ3n) is 6.72. The van der Waals surface area contributed by atoms with Gasteiger partial charge in [-0.05, 0) is 40.8 Å². The Balaban J connectivity index is 1.27. The number of ether oxygens (including phenoxy) is 3. The van der Waals surface area contributed by atoms with Gasteiger partial charge in [-0.1, -0.05) is 84.9 Å². The van der Waals surface area contributed by atoms with Gasteiger partial charge in [0, 0.05) is 22.3 Å². The Morgan fingerprint density at radius 2 is 1.36 bits per heavy atom. The van der Waals surface area contributed by atoms with Gasteiger partial charge in [0.15, 0.2) is 6.10 Å². The minimum atomic E-state index is -4.59. The van der Waals surface area contributed by atoms with Crippen LogP contribution in [0.2, 0.25) is 0 Å². The van der Waals surface area contributed by atoms with Crippen LogP contribution in [0, 0.1) is 0 Å². The van der Waals surface area contributed by atoms with Crippen LogP contribution in [-0.2, 0) is 33.6 Å². The first kappa shape index (κ1) is 30.5. The maximum Gasteiger partial charge on any atom is 0.417 e. The molecule has 4 aromatic carbocycles. The summed E-state index contributed by atoms with van der Waals surface area (Å²) in [5.74, 6) is 0. The highest BCUT2D eigenvalue weighted by molar-refractivity contribution is 5.92. The number of H-pyrrole nitrogens is 1. The zero-order valence-corrected chi connectivity index (χ0v) is 23.5. The molecule has 10 heteroatoms. The molecule has 5 aromatic rings. The van der Waals surface area contributed by atoms with Crippen molar-refractivity contribution in [2.75, 3.05) is 18.5 Å². The van der Waals surface area contributed by atoms with Gasteiger partial charge in [-0.15, -0.1) is 0 Å². The summed E-state index contributed by atoms with van der Waals surface area (Å²) in [6, 6.07) is 30.1. The molecule has 0 bridgehead atoms. The maximum atomic E-state index is 13.5. The lowest BCUT2D eigenvalue weighted by molar-refractivity contribution is -0.137. The third kappa shape index (κ3) is 8.12. The van der Waals surface area contributed by atoms with Crippen LogP contribution < -0.4 is 10.9 Å². The average Bonchev–Trinajstić information content (AvgIpc) is 3.02. The van der Waals surface area contributed by atoms with Gasteiger partial charge in [0.2, 0.25) is 0 Å². The number of carbonyl (C=O) groups is 1. The van der Waals surface area contributed by atoms with Gasteiger partial charge in [0.25, 0.3) is 5.56 Å². The second-order valence-electron chi connectivity index (χ2n) is 10.0. The molecule has 0 radical (unpaired) electrons. The van der Waals surface area contributed by atoms with Crippen LogP contribution in [-0.4, -0.2) is 30.4 Å². The van der Waals surface area contributed by atoms with Crippen molar-refractivity contribution in [2.24, 2.45) is 0 Å². The van der Waals surface area contributed by atoms with Gasteiger partial charge in [-0.2, -0.15) is 13.2 Å². The summed E-state index contributed by atoms with van der Waals surface area (Å²) >= 11 is 0. The number of pyridine rings is 1. The molecule has 0 saturated carbocycles. The van der Waals surface area contributed by atoms with E-state index in [2.05, 4.69) is 10.3 Å². The highest BCUT2D eigenvalue weighted by Crippen LogP contribution is 2.36. The van der Waals surface area contributed by atoms with E-state index in [4.69, 9.17) is 14.2 Å². The molecule has 0 aliphatic rings. The Bertz CT molecular complexity index is 1710. The van der Waals surface area contributed by atoms with Gasteiger partial charge >= 0.3 is 12.3 Å². The van der Waals surface area contributed by atoms with E-state index in [1.54, 1.807) is 6.07 Å². The van der Waals surface area contributed by atoms with Gasteiger partial charge in [-0.25, -0.2) is 4.79 Å². The van der Waals surface area contributed by atoms with Crippen LogP contribution in [0.25, 0.3) is 22.0 Å². The van der Waals surface area contributed by atoms with Crippen molar-refractivity contribution in [1.29, 1.82) is 0 Å². The molecule has 1 heterocycles. The highest BCUT2D eigenvalue weighted by Gasteiger charge is 2.33. The van der Waals surface area contributed by atoms with Crippen molar-refractivity contribution in [1.82, 2.24) is 4.98 Å². The summed E-state index contributed by atoms with van der Waals surface area (Å²) in [5, 5.41) is 3.20. The van der Waals surface area contributed by atoms with E-state index in [1.165, 1.54) is 36.4 Å².